The Morgan fingerprint density at radius 1 is 1.15 bits per heavy atom. The largest absolute Gasteiger partial charge is 0.478 e. The van der Waals surface area contributed by atoms with Crippen LogP contribution in [-0.4, -0.2) is 33.4 Å². The van der Waals surface area contributed by atoms with E-state index in [-0.39, 0.29) is 11.6 Å². The van der Waals surface area contributed by atoms with Gasteiger partial charge in [-0.05, 0) is 41.3 Å². The Morgan fingerprint density at radius 2 is 1.88 bits per heavy atom. The van der Waals surface area contributed by atoms with Gasteiger partial charge in [0.15, 0.2) is 0 Å². The molecule has 3 rings (SSSR count). The number of carbonyl (C=O) groups excluding carboxylic acids is 1. The molecule has 1 aliphatic rings. The lowest BCUT2D eigenvalue weighted by Gasteiger charge is -2.30. The summed E-state index contributed by atoms with van der Waals surface area (Å²) in [5.74, 6) is -1.19. The molecule has 7 nitrogen and oxygen atoms in total. The van der Waals surface area contributed by atoms with Gasteiger partial charge in [-0.1, -0.05) is 18.2 Å². The van der Waals surface area contributed by atoms with E-state index in [2.05, 4.69) is 0 Å². The van der Waals surface area contributed by atoms with Crippen molar-refractivity contribution < 1.29 is 19.6 Å². The molecule has 0 fully saturated rings. The quantitative estimate of drug-likeness (QED) is 0.518. The smallest absolute Gasteiger partial charge is 0.328 e. The third kappa shape index (κ3) is 3.61. The molecule has 0 radical (unpaired) electrons. The highest BCUT2D eigenvalue weighted by Gasteiger charge is 2.23. The highest BCUT2D eigenvalue weighted by Crippen LogP contribution is 2.25. The minimum Gasteiger partial charge on any atom is -0.478 e. The highest BCUT2D eigenvalue weighted by molar-refractivity contribution is 5.94. The molecular weight excluding hydrogens is 336 g/mol. The van der Waals surface area contributed by atoms with Crippen molar-refractivity contribution >= 4 is 23.6 Å². The van der Waals surface area contributed by atoms with E-state index in [0.717, 1.165) is 22.8 Å². The Bertz CT molecular complexity index is 903. The maximum Gasteiger partial charge on any atom is 0.328 e. The van der Waals surface area contributed by atoms with Crippen molar-refractivity contribution in [3.8, 4) is 0 Å². The molecule has 1 N–H and O–H groups in total. The molecule has 0 saturated carbocycles. The zero-order valence-corrected chi connectivity index (χ0v) is 13.8. The van der Waals surface area contributed by atoms with Crippen LogP contribution in [0, 0.1) is 10.1 Å². The van der Waals surface area contributed by atoms with Crippen LogP contribution in [0.25, 0.3) is 6.08 Å². The highest BCUT2D eigenvalue weighted by atomic mass is 16.6. The summed E-state index contributed by atoms with van der Waals surface area (Å²) in [7, 11) is 0. The van der Waals surface area contributed by atoms with Gasteiger partial charge >= 0.3 is 5.97 Å². The maximum atomic E-state index is 12.7. The van der Waals surface area contributed by atoms with Crippen LogP contribution in [0.1, 0.15) is 27.0 Å². The van der Waals surface area contributed by atoms with E-state index in [1.54, 1.807) is 11.0 Å². The van der Waals surface area contributed by atoms with Gasteiger partial charge in [-0.2, -0.15) is 0 Å². The van der Waals surface area contributed by atoms with Crippen LogP contribution in [0.5, 0.6) is 0 Å². The first-order chi connectivity index (χ1) is 12.5. The number of amides is 1. The third-order valence-electron chi connectivity index (χ3n) is 4.32. The fourth-order valence-electron chi connectivity index (χ4n) is 3.04. The SMILES string of the molecule is O=C(O)/C=C/c1cccc2c1CCN(C(=O)c1ccc([N+](=O)[O-])cc1)C2. The average molecular weight is 352 g/mol. The number of rotatable bonds is 4. The number of fused-ring (bicyclic) bond motifs is 1. The normalized spacial score (nSPS) is 13.5. The average Bonchev–Trinajstić information content (AvgIpc) is 2.65. The Labute approximate surface area is 149 Å². The Morgan fingerprint density at radius 3 is 2.54 bits per heavy atom. The standard InChI is InChI=1S/C19H16N2O5/c22-18(23)9-6-13-2-1-3-15-12-20(11-10-17(13)15)19(24)14-4-7-16(8-5-14)21(25)26/h1-9H,10-12H2,(H,22,23)/b9-6+. The van der Waals surface area contributed by atoms with Gasteiger partial charge in [0.2, 0.25) is 0 Å². The molecule has 0 saturated heterocycles. The van der Waals surface area contributed by atoms with Crippen molar-refractivity contribution in [2.24, 2.45) is 0 Å². The van der Waals surface area contributed by atoms with E-state index in [0.29, 0.717) is 25.1 Å². The van der Waals surface area contributed by atoms with Gasteiger partial charge in [-0.15, -0.1) is 0 Å². The molecule has 0 unspecified atom stereocenters. The fraction of sp³-hybridized carbons (Fsp3) is 0.158. The molecule has 132 valence electrons. The predicted octanol–water partition coefficient (Wildman–Crippen LogP) is 2.89. The lowest BCUT2D eigenvalue weighted by atomic mass is 9.94. The van der Waals surface area contributed by atoms with Gasteiger partial charge in [-0.3, -0.25) is 14.9 Å². The number of non-ortho nitro benzene ring substituents is 1. The number of carboxylic acids is 1. The molecule has 0 aromatic heterocycles. The number of nitro benzene ring substituents is 1. The first-order valence-corrected chi connectivity index (χ1v) is 8.01. The maximum absolute atomic E-state index is 12.7. The Balaban J connectivity index is 1.80. The number of nitrogens with zero attached hydrogens (tertiary/aromatic N) is 2. The second-order valence-electron chi connectivity index (χ2n) is 5.94. The van der Waals surface area contributed by atoms with Crippen molar-refractivity contribution in [2.45, 2.75) is 13.0 Å². The third-order valence-corrected chi connectivity index (χ3v) is 4.32. The predicted molar refractivity (Wildman–Crippen MR) is 94.7 cm³/mol. The summed E-state index contributed by atoms with van der Waals surface area (Å²) in [6.45, 7) is 0.917. The number of hydrogen-bond acceptors (Lipinski definition) is 4. The van der Waals surface area contributed by atoms with Crippen molar-refractivity contribution in [3.63, 3.8) is 0 Å². The number of aliphatic carboxylic acids is 1. The van der Waals surface area contributed by atoms with Gasteiger partial charge in [0, 0.05) is 36.9 Å². The van der Waals surface area contributed by atoms with Crippen LogP contribution in [-0.2, 0) is 17.8 Å². The van der Waals surface area contributed by atoms with Crippen LogP contribution in [0.2, 0.25) is 0 Å². The topological polar surface area (TPSA) is 101 Å². The first-order valence-electron chi connectivity index (χ1n) is 8.01. The van der Waals surface area contributed by atoms with E-state index in [9.17, 15) is 19.7 Å². The minimum absolute atomic E-state index is 0.0552. The molecule has 2 aromatic rings. The second kappa shape index (κ2) is 7.18. The number of carboxylic acid groups (broad SMARTS) is 1. The van der Waals surface area contributed by atoms with E-state index in [1.165, 1.54) is 24.3 Å². The molecule has 7 heteroatoms. The monoisotopic (exact) mass is 352 g/mol. The summed E-state index contributed by atoms with van der Waals surface area (Å²) >= 11 is 0. The van der Waals surface area contributed by atoms with Crippen molar-refractivity contribution in [2.75, 3.05) is 6.54 Å². The lowest BCUT2D eigenvalue weighted by Crippen LogP contribution is -2.36. The van der Waals surface area contributed by atoms with Crippen LogP contribution in [0.4, 0.5) is 5.69 Å². The van der Waals surface area contributed by atoms with Gasteiger partial charge in [0.25, 0.3) is 11.6 Å². The van der Waals surface area contributed by atoms with Crippen LogP contribution in [0.15, 0.2) is 48.5 Å². The molecule has 1 heterocycles. The molecule has 0 bridgehead atoms. The molecule has 0 spiro atoms. The Kier molecular flexibility index (Phi) is 4.79. The number of benzene rings is 2. The van der Waals surface area contributed by atoms with Gasteiger partial charge < -0.3 is 10.0 Å². The summed E-state index contributed by atoms with van der Waals surface area (Å²) in [4.78, 5) is 35.3. The van der Waals surface area contributed by atoms with E-state index in [4.69, 9.17) is 5.11 Å². The second-order valence-corrected chi connectivity index (χ2v) is 5.94. The Hall–Kier alpha value is -3.48. The lowest BCUT2D eigenvalue weighted by molar-refractivity contribution is -0.384. The summed E-state index contributed by atoms with van der Waals surface area (Å²) in [6, 6.07) is 11.2. The van der Waals surface area contributed by atoms with E-state index < -0.39 is 10.9 Å². The van der Waals surface area contributed by atoms with Gasteiger partial charge in [0.1, 0.15) is 0 Å². The number of hydrogen-bond donors (Lipinski definition) is 1. The van der Waals surface area contributed by atoms with E-state index in [1.807, 2.05) is 18.2 Å². The van der Waals surface area contributed by atoms with Crippen molar-refractivity contribution in [1.82, 2.24) is 4.90 Å². The van der Waals surface area contributed by atoms with Crippen molar-refractivity contribution in [1.29, 1.82) is 0 Å². The van der Waals surface area contributed by atoms with Crippen LogP contribution < -0.4 is 0 Å². The van der Waals surface area contributed by atoms with E-state index >= 15 is 0 Å². The summed E-state index contributed by atoms with van der Waals surface area (Å²) in [5.41, 5.74) is 3.20. The molecule has 0 atom stereocenters. The number of carbonyl (C=O) groups is 2. The molecule has 2 aromatic carbocycles. The number of nitro groups is 1. The zero-order chi connectivity index (χ0) is 18.7. The summed E-state index contributed by atoms with van der Waals surface area (Å²) < 4.78 is 0. The first kappa shape index (κ1) is 17.3. The zero-order valence-electron chi connectivity index (χ0n) is 13.8. The van der Waals surface area contributed by atoms with Crippen LogP contribution >= 0.6 is 0 Å². The molecule has 1 amide bonds. The molecule has 26 heavy (non-hydrogen) atoms. The van der Waals surface area contributed by atoms with Crippen molar-refractivity contribution in [3.05, 3.63) is 80.9 Å². The van der Waals surface area contributed by atoms with Crippen LogP contribution in [0.3, 0.4) is 0 Å². The van der Waals surface area contributed by atoms with Gasteiger partial charge in [0.05, 0.1) is 4.92 Å². The molecule has 1 aliphatic heterocycles. The minimum atomic E-state index is -1.01. The summed E-state index contributed by atoms with van der Waals surface area (Å²) in [5, 5.41) is 19.5. The van der Waals surface area contributed by atoms with Gasteiger partial charge in [-0.25, -0.2) is 4.79 Å². The molecular formula is C19H16N2O5. The summed E-state index contributed by atoms with van der Waals surface area (Å²) in [6.07, 6.45) is 3.28. The fourth-order valence-corrected chi connectivity index (χ4v) is 3.04. The molecule has 0 aliphatic carbocycles.